The fraction of sp³-hybridized carbons (Fsp3) is 0.364. The van der Waals surface area contributed by atoms with Gasteiger partial charge in [0.2, 0.25) is 0 Å². The number of nitrogens with two attached hydrogens (primary N) is 1. The summed E-state index contributed by atoms with van der Waals surface area (Å²) in [5.74, 6) is 1.32. The molecule has 2 N–H and O–H groups in total. The first-order valence-electron chi connectivity index (χ1n) is 4.68. The van der Waals surface area contributed by atoms with Gasteiger partial charge in [-0.15, -0.1) is 12.4 Å². The van der Waals surface area contributed by atoms with E-state index in [9.17, 15) is 0 Å². The van der Waals surface area contributed by atoms with Crippen LogP contribution >= 0.6 is 28.3 Å². The fourth-order valence-corrected chi connectivity index (χ4v) is 1.87. The maximum atomic E-state index is 8.63. The van der Waals surface area contributed by atoms with E-state index in [0.29, 0.717) is 11.5 Å². The van der Waals surface area contributed by atoms with Crippen LogP contribution in [0.2, 0.25) is 0 Å². The number of nitrogens with zero attached hydrogens (tertiary/aromatic N) is 1. The molecule has 0 radical (unpaired) electrons. The second-order valence-electron chi connectivity index (χ2n) is 3.20. The molecule has 0 aliphatic heterocycles. The normalized spacial score (nSPS) is 11.0. The molecular weight excluding hydrogens is 307 g/mol. The molecule has 0 fully saturated rings. The largest absolute Gasteiger partial charge is 0.496 e. The van der Waals surface area contributed by atoms with Gasteiger partial charge in [0.25, 0.3) is 0 Å². The first-order valence-corrected chi connectivity index (χ1v) is 5.47. The zero-order valence-corrected chi connectivity index (χ0v) is 12.0. The molecule has 0 heterocycles. The summed E-state index contributed by atoms with van der Waals surface area (Å²) in [6.45, 7) is 0. The summed E-state index contributed by atoms with van der Waals surface area (Å²) < 4.78 is 11.2. The van der Waals surface area contributed by atoms with Crippen molar-refractivity contribution in [2.75, 3.05) is 14.2 Å². The lowest BCUT2D eigenvalue weighted by Crippen LogP contribution is -2.11. The van der Waals surface area contributed by atoms with Crippen LogP contribution < -0.4 is 15.2 Å². The SMILES string of the molecule is COc1cc([C@H](N)CC#N)c(OC)cc1Br.Cl. The average Bonchev–Trinajstić information content (AvgIpc) is 2.28. The molecule has 0 spiro atoms. The van der Waals surface area contributed by atoms with E-state index in [2.05, 4.69) is 15.9 Å². The van der Waals surface area contributed by atoms with Crippen LogP contribution in [0.3, 0.4) is 0 Å². The molecule has 0 saturated heterocycles. The molecule has 0 aliphatic rings. The summed E-state index contributed by atoms with van der Waals surface area (Å²) in [4.78, 5) is 0. The highest BCUT2D eigenvalue weighted by molar-refractivity contribution is 9.10. The smallest absolute Gasteiger partial charge is 0.133 e. The van der Waals surface area contributed by atoms with Crippen LogP contribution in [0.25, 0.3) is 0 Å². The van der Waals surface area contributed by atoms with Gasteiger partial charge in [-0.25, -0.2) is 0 Å². The van der Waals surface area contributed by atoms with Gasteiger partial charge in [0.15, 0.2) is 0 Å². The minimum absolute atomic E-state index is 0. The summed E-state index contributed by atoms with van der Waals surface area (Å²) in [5, 5.41) is 8.63. The highest BCUT2D eigenvalue weighted by Gasteiger charge is 2.15. The number of hydrogen-bond acceptors (Lipinski definition) is 4. The Labute approximate surface area is 115 Å². The monoisotopic (exact) mass is 320 g/mol. The minimum Gasteiger partial charge on any atom is -0.496 e. The Morgan fingerprint density at radius 1 is 1.35 bits per heavy atom. The van der Waals surface area contributed by atoms with Crippen LogP contribution in [0.15, 0.2) is 16.6 Å². The third-order valence-electron chi connectivity index (χ3n) is 2.21. The molecule has 1 atom stereocenters. The van der Waals surface area contributed by atoms with E-state index < -0.39 is 0 Å². The van der Waals surface area contributed by atoms with E-state index in [4.69, 9.17) is 20.5 Å². The lowest BCUT2D eigenvalue weighted by Gasteiger charge is -2.15. The predicted octanol–water partition coefficient (Wildman–Crippen LogP) is 2.80. The van der Waals surface area contributed by atoms with E-state index >= 15 is 0 Å². The molecule has 0 bridgehead atoms. The molecule has 94 valence electrons. The maximum Gasteiger partial charge on any atom is 0.133 e. The third-order valence-corrected chi connectivity index (χ3v) is 2.83. The van der Waals surface area contributed by atoms with Crippen molar-refractivity contribution in [2.45, 2.75) is 12.5 Å². The molecule has 0 saturated carbocycles. The van der Waals surface area contributed by atoms with Crippen molar-refractivity contribution in [3.05, 3.63) is 22.2 Å². The Balaban J connectivity index is 0.00000256. The fourth-order valence-electron chi connectivity index (χ4n) is 1.38. The molecule has 0 aliphatic carbocycles. The number of ether oxygens (including phenoxy) is 2. The summed E-state index contributed by atoms with van der Waals surface area (Å²) >= 11 is 3.36. The van der Waals surface area contributed by atoms with Crippen LogP contribution in [-0.2, 0) is 0 Å². The van der Waals surface area contributed by atoms with Crippen molar-refractivity contribution in [3.63, 3.8) is 0 Å². The van der Waals surface area contributed by atoms with E-state index in [1.54, 1.807) is 26.4 Å². The van der Waals surface area contributed by atoms with Gasteiger partial charge in [0.05, 0.1) is 31.2 Å². The highest BCUT2D eigenvalue weighted by Crippen LogP contribution is 2.35. The number of hydrogen-bond donors (Lipinski definition) is 1. The predicted molar refractivity (Wildman–Crippen MR) is 71.7 cm³/mol. The van der Waals surface area contributed by atoms with Crippen LogP contribution in [0.4, 0.5) is 0 Å². The summed E-state index contributed by atoms with van der Waals surface area (Å²) in [7, 11) is 3.14. The molecule has 0 amide bonds. The second-order valence-corrected chi connectivity index (χ2v) is 4.05. The zero-order valence-electron chi connectivity index (χ0n) is 9.57. The molecule has 6 heteroatoms. The van der Waals surface area contributed by atoms with Crippen molar-refractivity contribution >= 4 is 28.3 Å². The number of methoxy groups -OCH3 is 2. The van der Waals surface area contributed by atoms with Crippen LogP contribution in [0.5, 0.6) is 11.5 Å². The van der Waals surface area contributed by atoms with Crippen LogP contribution in [0.1, 0.15) is 18.0 Å². The van der Waals surface area contributed by atoms with Crippen molar-refractivity contribution < 1.29 is 9.47 Å². The molecule has 1 rings (SSSR count). The van der Waals surface area contributed by atoms with Gasteiger partial charge >= 0.3 is 0 Å². The third kappa shape index (κ3) is 3.77. The molecule has 1 aromatic carbocycles. The highest BCUT2D eigenvalue weighted by atomic mass is 79.9. The molecular formula is C11H14BrClN2O2. The Morgan fingerprint density at radius 2 is 1.94 bits per heavy atom. The van der Waals surface area contributed by atoms with E-state index in [1.807, 2.05) is 6.07 Å². The number of benzene rings is 1. The standard InChI is InChI=1S/C11H13BrN2O2.ClH/c1-15-10-6-8(12)11(16-2)5-7(10)9(14)3-4-13;/h5-6,9H,3,14H2,1-2H3;1H/t9-;/m1./s1. The van der Waals surface area contributed by atoms with E-state index in [1.165, 1.54) is 0 Å². The Morgan fingerprint density at radius 3 is 2.41 bits per heavy atom. The van der Waals surface area contributed by atoms with E-state index in [0.717, 1.165) is 10.0 Å². The summed E-state index contributed by atoms with van der Waals surface area (Å²) in [5.41, 5.74) is 6.65. The van der Waals surface area contributed by atoms with Gasteiger partial charge in [0.1, 0.15) is 11.5 Å². The van der Waals surface area contributed by atoms with Gasteiger partial charge in [-0.05, 0) is 28.1 Å². The number of halogens is 2. The first kappa shape index (κ1) is 16.0. The van der Waals surface area contributed by atoms with Gasteiger partial charge in [-0.3, -0.25) is 0 Å². The van der Waals surface area contributed by atoms with Gasteiger partial charge in [0, 0.05) is 11.6 Å². The Hall–Kier alpha value is -0.960. The van der Waals surface area contributed by atoms with Crippen molar-refractivity contribution in [2.24, 2.45) is 5.73 Å². The van der Waals surface area contributed by atoms with Gasteiger partial charge in [-0.1, -0.05) is 0 Å². The second kappa shape index (κ2) is 7.38. The first-order chi connectivity index (χ1) is 7.63. The van der Waals surface area contributed by atoms with Crippen LogP contribution in [0, 0.1) is 11.3 Å². The van der Waals surface area contributed by atoms with E-state index in [-0.39, 0.29) is 24.9 Å². The molecule has 1 aromatic rings. The van der Waals surface area contributed by atoms with Crippen molar-refractivity contribution in [3.8, 4) is 17.6 Å². The molecule has 17 heavy (non-hydrogen) atoms. The minimum atomic E-state index is -0.373. The quantitative estimate of drug-likeness (QED) is 0.926. The summed E-state index contributed by atoms with van der Waals surface area (Å²) in [6.07, 6.45) is 0.237. The Bertz CT molecular complexity index is 421. The van der Waals surface area contributed by atoms with Crippen LogP contribution in [-0.4, -0.2) is 14.2 Å². The van der Waals surface area contributed by atoms with Crippen molar-refractivity contribution in [1.82, 2.24) is 0 Å². The Kier molecular flexibility index (Phi) is 6.97. The van der Waals surface area contributed by atoms with Crippen molar-refractivity contribution in [1.29, 1.82) is 5.26 Å². The topological polar surface area (TPSA) is 68.3 Å². The van der Waals surface area contributed by atoms with Gasteiger partial charge < -0.3 is 15.2 Å². The lowest BCUT2D eigenvalue weighted by molar-refractivity contribution is 0.393. The van der Waals surface area contributed by atoms with Gasteiger partial charge in [-0.2, -0.15) is 5.26 Å². The maximum absolute atomic E-state index is 8.63. The zero-order chi connectivity index (χ0) is 12.1. The summed E-state index contributed by atoms with van der Waals surface area (Å²) in [6, 6.07) is 5.23. The lowest BCUT2D eigenvalue weighted by atomic mass is 10.0. The molecule has 0 unspecified atom stereocenters. The molecule has 4 nitrogen and oxygen atoms in total. The number of nitriles is 1. The number of rotatable bonds is 4. The average molecular weight is 322 g/mol. The molecule has 0 aromatic heterocycles.